The maximum atomic E-state index is 13.7. The molecule has 2 aromatic carbocycles. The first-order valence-electron chi connectivity index (χ1n) is 10.2. The highest BCUT2D eigenvalue weighted by molar-refractivity contribution is 6.18. The van der Waals surface area contributed by atoms with Crippen molar-refractivity contribution in [2.24, 2.45) is 0 Å². The van der Waals surface area contributed by atoms with Crippen LogP contribution in [-0.2, 0) is 14.4 Å². The minimum Gasteiger partial charge on any atom is -0.326 e. The normalized spacial score (nSPS) is 19.9. The van der Waals surface area contributed by atoms with Gasteiger partial charge in [0.2, 0.25) is 17.5 Å². The van der Waals surface area contributed by atoms with E-state index in [4.69, 9.17) is 0 Å². The lowest BCUT2D eigenvalue weighted by Crippen LogP contribution is -2.70. The zero-order chi connectivity index (χ0) is 22.3. The summed E-state index contributed by atoms with van der Waals surface area (Å²) in [7, 11) is 0. The quantitative estimate of drug-likeness (QED) is 0.794. The van der Waals surface area contributed by atoms with Gasteiger partial charge in [0.05, 0.1) is 11.3 Å². The molecule has 2 aliphatic heterocycles. The van der Waals surface area contributed by atoms with E-state index >= 15 is 0 Å². The van der Waals surface area contributed by atoms with Crippen LogP contribution in [0.5, 0.6) is 0 Å². The number of hydrogen-bond acceptors (Lipinski definition) is 4. The van der Waals surface area contributed by atoms with Crippen molar-refractivity contribution in [3.8, 4) is 0 Å². The lowest BCUT2D eigenvalue weighted by Gasteiger charge is -2.50. The van der Waals surface area contributed by atoms with Gasteiger partial charge in [-0.1, -0.05) is 18.2 Å². The van der Waals surface area contributed by atoms with Gasteiger partial charge in [-0.2, -0.15) is 0 Å². The molecule has 2 heterocycles. The van der Waals surface area contributed by atoms with Crippen molar-refractivity contribution in [3.63, 3.8) is 0 Å². The van der Waals surface area contributed by atoms with Crippen molar-refractivity contribution >= 4 is 40.7 Å². The Labute approximate surface area is 180 Å². The summed E-state index contributed by atoms with van der Waals surface area (Å²) in [4.78, 5) is 54.4. The number of benzene rings is 2. The minimum absolute atomic E-state index is 0.157. The third kappa shape index (κ3) is 3.24. The molecule has 0 spiro atoms. The first-order valence-corrected chi connectivity index (χ1v) is 10.2. The van der Waals surface area contributed by atoms with Crippen LogP contribution in [-0.4, -0.2) is 40.2 Å². The number of fused-ring (bicyclic) bond motifs is 3. The number of nitrogens with zero attached hydrogens (tertiary/aromatic N) is 2. The van der Waals surface area contributed by atoms with Crippen LogP contribution in [0.25, 0.3) is 0 Å². The van der Waals surface area contributed by atoms with E-state index in [-0.39, 0.29) is 36.6 Å². The zero-order valence-corrected chi connectivity index (χ0v) is 17.6. The Balaban J connectivity index is 1.79. The molecular weight excluding hydrogens is 396 g/mol. The van der Waals surface area contributed by atoms with Crippen LogP contribution in [0.15, 0.2) is 48.5 Å². The van der Waals surface area contributed by atoms with E-state index in [1.54, 1.807) is 48.5 Å². The number of anilines is 3. The topological polar surface area (TPSA) is 98.8 Å². The second-order valence-corrected chi connectivity index (χ2v) is 8.05. The average Bonchev–Trinajstić information content (AvgIpc) is 3.06. The Bertz CT molecular complexity index is 1100. The second kappa shape index (κ2) is 7.54. The molecule has 2 N–H and O–H groups in total. The fourth-order valence-electron chi connectivity index (χ4n) is 4.52. The van der Waals surface area contributed by atoms with Crippen LogP contribution in [0.2, 0.25) is 0 Å². The molecule has 31 heavy (non-hydrogen) atoms. The van der Waals surface area contributed by atoms with Gasteiger partial charge in [0.1, 0.15) is 0 Å². The molecule has 0 radical (unpaired) electrons. The van der Waals surface area contributed by atoms with E-state index in [2.05, 4.69) is 10.6 Å². The lowest BCUT2D eigenvalue weighted by molar-refractivity contribution is -0.129. The molecule has 0 unspecified atom stereocenters. The Hall–Kier alpha value is -3.68. The first-order chi connectivity index (χ1) is 14.8. The largest absolute Gasteiger partial charge is 0.326 e. The number of amides is 4. The molecule has 160 valence electrons. The SMILES string of the molecule is CC(=O)Nc1cccc(NC(=O)[C@]23CCC(=O)N2c2ccccc2C(=O)N3C(C)C)c1. The molecule has 4 amide bonds. The van der Waals surface area contributed by atoms with Crippen molar-refractivity contribution in [3.05, 3.63) is 54.1 Å². The molecule has 2 aliphatic rings. The van der Waals surface area contributed by atoms with E-state index < -0.39 is 11.6 Å². The van der Waals surface area contributed by atoms with Crippen molar-refractivity contribution < 1.29 is 19.2 Å². The van der Waals surface area contributed by atoms with Crippen molar-refractivity contribution in [2.75, 3.05) is 15.5 Å². The van der Waals surface area contributed by atoms with Crippen LogP contribution in [0.1, 0.15) is 44.0 Å². The molecule has 1 fully saturated rings. The predicted octanol–water partition coefficient (Wildman–Crippen LogP) is 2.97. The Morgan fingerprint density at radius 2 is 1.68 bits per heavy atom. The summed E-state index contributed by atoms with van der Waals surface area (Å²) in [6.45, 7) is 5.07. The van der Waals surface area contributed by atoms with E-state index in [0.717, 1.165) is 0 Å². The second-order valence-electron chi connectivity index (χ2n) is 8.05. The Morgan fingerprint density at radius 3 is 2.35 bits per heavy atom. The fraction of sp³-hybridized carbons (Fsp3) is 0.304. The molecule has 4 rings (SSSR count). The number of hydrogen-bond donors (Lipinski definition) is 2. The monoisotopic (exact) mass is 420 g/mol. The third-order valence-electron chi connectivity index (χ3n) is 5.62. The van der Waals surface area contributed by atoms with Gasteiger partial charge in [0.15, 0.2) is 0 Å². The van der Waals surface area contributed by atoms with Gasteiger partial charge in [0, 0.05) is 37.2 Å². The molecule has 1 atom stereocenters. The first kappa shape index (κ1) is 20.6. The number of para-hydroxylation sites is 1. The highest BCUT2D eigenvalue weighted by atomic mass is 16.2. The van der Waals surface area contributed by atoms with Crippen LogP contribution < -0.4 is 15.5 Å². The molecule has 0 saturated carbocycles. The maximum Gasteiger partial charge on any atom is 0.271 e. The Kier molecular flexibility index (Phi) is 5.00. The number of carbonyl (C=O) groups is 4. The predicted molar refractivity (Wildman–Crippen MR) is 117 cm³/mol. The molecular formula is C23H24N4O4. The summed E-state index contributed by atoms with van der Waals surface area (Å²) in [5.74, 6) is -1.17. The summed E-state index contributed by atoms with van der Waals surface area (Å²) < 4.78 is 0. The van der Waals surface area contributed by atoms with Gasteiger partial charge in [-0.3, -0.25) is 24.1 Å². The third-order valence-corrected chi connectivity index (χ3v) is 5.62. The van der Waals surface area contributed by atoms with Gasteiger partial charge in [-0.25, -0.2) is 0 Å². The van der Waals surface area contributed by atoms with Crippen LogP contribution in [0, 0.1) is 0 Å². The molecule has 0 aliphatic carbocycles. The Morgan fingerprint density at radius 1 is 1.00 bits per heavy atom. The molecule has 8 heteroatoms. The molecule has 2 aromatic rings. The zero-order valence-electron chi connectivity index (χ0n) is 17.6. The number of rotatable bonds is 4. The molecule has 1 saturated heterocycles. The summed E-state index contributed by atoms with van der Waals surface area (Å²) in [6.07, 6.45) is 0.353. The maximum absolute atomic E-state index is 13.7. The molecule has 8 nitrogen and oxygen atoms in total. The van der Waals surface area contributed by atoms with E-state index in [0.29, 0.717) is 22.6 Å². The smallest absolute Gasteiger partial charge is 0.271 e. The van der Waals surface area contributed by atoms with Gasteiger partial charge < -0.3 is 15.5 Å². The van der Waals surface area contributed by atoms with E-state index in [9.17, 15) is 19.2 Å². The van der Waals surface area contributed by atoms with Crippen molar-refractivity contribution in [1.82, 2.24) is 4.90 Å². The summed E-state index contributed by atoms with van der Waals surface area (Å²) >= 11 is 0. The fourth-order valence-corrected chi connectivity index (χ4v) is 4.52. The molecule has 0 bridgehead atoms. The summed E-state index contributed by atoms with van der Waals surface area (Å²) in [6, 6.07) is 13.3. The van der Waals surface area contributed by atoms with E-state index in [1.807, 2.05) is 13.8 Å². The minimum atomic E-state index is -1.46. The number of carbonyl (C=O) groups excluding carboxylic acids is 4. The van der Waals surface area contributed by atoms with Gasteiger partial charge >= 0.3 is 0 Å². The summed E-state index contributed by atoms with van der Waals surface area (Å²) in [5, 5.41) is 5.54. The standard InChI is InChI=1S/C23H24N4O4/c1-14(2)26-21(30)18-9-4-5-10-19(18)27-20(29)11-12-23(26,27)22(31)25-17-8-6-7-16(13-17)24-15(3)28/h4-10,13-14H,11-12H2,1-3H3,(H,24,28)(H,25,31)/t23-/m0/s1. The molecule has 0 aromatic heterocycles. The van der Waals surface area contributed by atoms with Crippen LogP contribution in [0.3, 0.4) is 0 Å². The highest BCUT2D eigenvalue weighted by Crippen LogP contribution is 2.45. The van der Waals surface area contributed by atoms with Crippen molar-refractivity contribution in [2.45, 2.75) is 45.3 Å². The van der Waals surface area contributed by atoms with Crippen LogP contribution >= 0.6 is 0 Å². The van der Waals surface area contributed by atoms with E-state index in [1.165, 1.54) is 16.7 Å². The number of nitrogens with one attached hydrogen (secondary N) is 2. The van der Waals surface area contributed by atoms with Gasteiger partial charge in [-0.15, -0.1) is 0 Å². The van der Waals surface area contributed by atoms with Gasteiger partial charge in [0.25, 0.3) is 11.8 Å². The highest BCUT2D eigenvalue weighted by Gasteiger charge is 2.61. The average molecular weight is 420 g/mol. The van der Waals surface area contributed by atoms with Crippen molar-refractivity contribution in [1.29, 1.82) is 0 Å². The lowest BCUT2D eigenvalue weighted by atomic mass is 9.94. The van der Waals surface area contributed by atoms with Crippen LogP contribution in [0.4, 0.5) is 17.1 Å². The summed E-state index contributed by atoms with van der Waals surface area (Å²) in [5.41, 5.74) is 0.394. The van der Waals surface area contributed by atoms with Gasteiger partial charge in [-0.05, 0) is 44.2 Å².